The standard InChI is InChI=1S/C15H20N4O3/c1-9-12(7-15(22)18(5-6-20)11-3-4-11)10(2)19-13(16-9)8-14(21)17-19/h8,11,20H,3-7H2,1-2H3,(H,17,21). The second-order valence-corrected chi connectivity index (χ2v) is 5.79. The molecule has 0 aliphatic heterocycles. The van der Waals surface area contributed by atoms with E-state index < -0.39 is 0 Å². The minimum Gasteiger partial charge on any atom is -0.395 e. The number of rotatable bonds is 5. The molecule has 7 nitrogen and oxygen atoms in total. The molecule has 1 saturated carbocycles. The van der Waals surface area contributed by atoms with Crippen LogP contribution in [-0.2, 0) is 11.2 Å². The van der Waals surface area contributed by atoms with E-state index in [4.69, 9.17) is 5.11 Å². The van der Waals surface area contributed by atoms with E-state index in [9.17, 15) is 9.59 Å². The quantitative estimate of drug-likeness (QED) is 0.823. The fourth-order valence-corrected chi connectivity index (χ4v) is 2.87. The first-order valence-corrected chi connectivity index (χ1v) is 7.49. The summed E-state index contributed by atoms with van der Waals surface area (Å²) in [5, 5.41) is 11.8. The van der Waals surface area contributed by atoms with Crippen molar-refractivity contribution in [1.82, 2.24) is 19.5 Å². The van der Waals surface area contributed by atoms with Crippen LogP contribution in [0.5, 0.6) is 0 Å². The first kappa shape index (κ1) is 14.8. The molecule has 0 spiro atoms. The lowest BCUT2D eigenvalue weighted by Gasteiger charge is -2.22. The molecule has 1 aliphatic rings. The van der Waals surface area contributed by atoms with Crippen molar-refractivity contribution in [3.05, 3.63) is 33.4 Å². The van der Waals surface area contributed by atoms with Crippen LogP contribution in [0.4, 0.5) is 0 Å². The Morgan fingerprint density at radius 2 is 2.23 bits per heavy atom. The first-order valence-electron chi connectivity index (χ1n) is 7.49. The fraction of sp³-hybridized carbons (Fsp3) is 0.533. The molecule has 2 N–H and O–H groups in total. The third kappa shape index (κ3) is 2.64. The van der Waals surface area contributed by atoms with Gasteiger partial charge in [-0.15, -0.1) is 0 Å². The van der Waals surface area contributed by atoms with E-state index in [1.54, 1.807) is 9.42 Å². The van der Waals surface area contributed by atoms with Crippen molar-refractivity contribution in [2.75, 3.05) is 13.2 Å². The third-order valence-corrected chi connectivity index (χ3v) is 4.18. The second kappa shape index (κ2) is 5.57. The number of amides is 1. The summed E-state index contributed by atoms with van der Waals surface area (Å²) < 4.78 is 1.62. The van der Waals surface area contributed by atoms with Gasteiger partial charge in [0.1, 0.15) is 0 Å². The maximum absolute atomic E-state index is 12.5. The summed E-state index contributed by atoms with van der Waals surface area (Å²) in [6.45, 7) is 4.06. The van der Waals surface area contributed by atoms with Crippen molar-refractivity contribution < 1.29 is 9.90 Å². The lowest BCUT2D eigenvalue weighted by atomic mass is 10.1. The zero-order chi connectivity index (χ0) is 15.9. The van der Waals surface area contributed by atoms with Gasteiger partial charge in [0, 0.05) is 35.6 Å². The summed E-state index contributed by atoms with van der Waals surface area (Å²) >= 11 is 0. The molecule has 1 amide bonds. The average molecular weight is 304 g/mol. The monoisotopic (exact) mass is 304 g/mol. The van der Waals surface area contributed by atoms with Gasteiger partial charge in [0.15, 0.2) is 5.65 Å². The number of aliphatic hydroxyl groups excluding tert-OH is 1. The SMILES string of the molecule is Cc1nc2cc(=O)[nH]n2c(C)c1CC(=O)N(CCO)C1CC1. The topological polar surface area (TPSA) is 90.7 Å². The fourth-order valence-electron chi connectivity index (χ4n) is 2.87. The van der Waals surface area contributed by atoms with Gasteiger partial charge in [0.05, 0.1) is 13.0 Å². The highest BCUT2D eigenvalue weighted by Gasteiger charge is 2.32. The zero-order valence-electron chi connectivity index (χ0n) is 12.8. The highest BCUT2D eigenvalue weighted by molar-refractivity contribution is 5.80. The number of aromatic nitrogens is 3. The van der Waals surface area contributed by atoms with Gasteiger partial charge in [0.2, 0.25) is 5.91 Å². The smallest absolute Gasteiger partial charge is 0.266 e. The van der Waals surface area contributed by atoms with Crippen molar-refractivity contribution in [3.8, 4) is 0 Å². The number of hydrogen-bond donors (Lipinski definition) is 2. The maximum atomic E-state index is 12.5. The molecular formula is C15H20N4O3. The molecule has 0 atom stereocenters. The molecule has 1 aliphatic carbocycles. The molecule has 118 valence electrons. The summed E-state index contributed by atoms with van der Waals surface area (Å²) in [7, 11) is 0. The molecule has 0 bridgehead atoms. The number of hydrogen-bond acceptors (Lipinski definition) is 4. The van der Waals surface area contributed by atoms with Crippen LogP contribution in [0.3, 0.4) is 0 Å². The van der Waals surface area contributed by atoms with Gasteiger partial charge in [-0.1, -0.05) is 0 Å². The lowest BCUT2D eigenvalue weighted by molar-refractivity contribution is -0.131. The largest absolute Gasteiger partial charge is 0.395 e. The summed E-state index contributed by atoms with van der Waals surface area (Å²) in [4.78, 5) is 30.1. The number of H-pyrrole nitrogens is 1. The Kier molecular flexibility index (Phi) is 3.74. The molecule has 2 aromatic heterocycles. The lowest BCUT2D eigenvalue weighted by Crippen LogP contribution is -2.37. The molecule has 2 aromatic rings. The molecule has 7 heteroatoms. The van der Waals surface area contributed by atoms with Gasteiger partial charge >= 0.3 is 0 Å². The molecule has 1 fully saturated rings. The predicted octanol–water partition coefficient (Wildman–Crippen LogP) is 0.165. The molecule has 0 radical (unpaired) electrons. The normalized spacial score (nSPS) is 14.5. The number of aromatic amines is 1. The van der Waals surface area contributed by atoms with Gasteiger partial charge in [-0.2, -0.15) is 0 Å². The van der Waals surface area contributed by atoms with Crippen LogP contribution in [-0.4, -0.2) is 49.7 Å². The van der Waals surface area contributed by atoms with E-state index in [0.29, 0.717) is 12.2 Å². The Morgan fingerprint density at radius 3 is 2.86 bits per heavy atom. The van der Waals surface area contributed by atoms with Crippen LogP contribution in [0.25, 0.3) is 5.65 Å². The van der Waals surface area contributed by atoms with E-state index in [-0.39, 0.29) is 30.5 Å². The van der Waals surface area contributed by atoms with E-state index in [1.807, 2.05) is 13.8 Å². The van der Waals surface area contributed by atoms with Crippen LogP contribution in [0.2, 0.25) is 0 Å². The van der Waals surface area contributed by atoms with Gasteiger partial charge in [-0.05, 0) is 26.7 Å². The second-order valence-electron chi connectivity index (χ2n) is 5.79. The molecule has 0 saturated heterocycles. The number of nitrogens with zero attached hydrogens (tertiary/aromatic N) is 3. The molecule has 0 aromatic carbocycles. The van der Waals surface area contributed by atoms with Gasteiger partial charge in [-0.25, -0.2) is 9.50 Å². The number of aryl methyl sites for hydroxylation is 2. The Hall–Kier alpha value is -2.15. The van der Waals surface area contributed by atoms with Gasteiger partial charge in [-0.3, -0.25) is 14.7 Å². The van der Waals surface area contributed by atoms with E-state index in [0.717, 1.165) is 29.8 Å². The summed E-state index contributed by atoms with van der Waals surface area (Å²) in [6.07, 6.45) is 2.25. The summed E-state index contributed by atoms with van der Waals surface area (Å²) in [5.41, 5.74) is 2.75. The number of carbonyl (C=O) groups excluding carboxylic acids is 1. The zero-order valence-corrected chi connectivity index (χ0v) is 12.8. The Balaban J connectivity index is 1.92. The van der Waals surface area contributed by atoms with Crippen LogP contribution >= 0.6 is 0 Å². The highest BCUT2D eigenvalue weighted by Crippen LogP contribution is 2.27. The number of nitrogens with one attached hydrogen (secondary N) is 1. The van der Waals surface area contributed by atoms with E-state index in [1.165, 1.54) is 6.07 Å². The number of fused-ring (bicyclic) bond motifs is 1. The Morgan fingerprint density at radius 1 is 1.50 bits per heavy atom. The summed E-state index contributed by atoms with van der Waals surface area (Å²) in [6, 6.07) is 1.71. The van der Waals surface area contributed by atoms with Crippen LogP contribution in [0.1, 0.15) is 29.8 Å². The van der Waals surface area contributed by atoms with Crippen molar-refractivity contribution in [3.63, 3.8) is 0 Å². The highest BCUT2D eigenvalue weighted by atomic mass is 16.3. The molecular weight excluding hydrogens is 284 g/mol. The third-order valence-electron chi connectivity index (χ3n) is 4.18. The molecule has 22 heavy (non-hydrogen) atoms. The van der Waals surface area contributed by atoms with Gasteiger partial charge in [0.25, 0.3) is 5.56 Å². The Bertz CT molecular complexity index is 773. The Labute approximate surface area is 127 Å². The molecule has 0 unspecified atom stereocenters. The van der Waals surface area contributed by atoms with E-state index >= 15 is 0 Å². The number of aliphatic hydroxyl groups is 1. The predicted molar refractivity (Wildman–Crippen MR) is 80.8 cm³/mol. The number of carbonyl (C=O) groups is 1. The van der Waals surface area contributed by atoms with E-state index in [2.05, 4.69) is 10.1 Å². The van der Waals surface area contributed by atoms with Crippen LogP contribution in [0, 0.1) is 13.8 Å². The summed E-state index contributed by atoms with van der Waals surface area (Å²) in [5.74, 6) is -0.00148. The maximum Gasteiger partial charge on any atom is 0.266 e. The van der Waals surface area contributed by atoms with Crippen LogP contribution < -0.4 is 5.56 Å². The van der Waals surface area contributed by atoms with Crippen molar-refractivity contribution in [1.29, 1.82) is 0 Å². The van der Waals surface area contributed by atoms with Crippen molar-refractivity contribution in [2.45, 2.75) is 39.2 Å². The van der Waals surface area contributed by atoms with Crippen LogP contribution in [0.15, 0.2) is 10.9 Å². The van der Waals surface area contributed by atoms with Crippen molar-refractivity contribution >= 4 is 11.6 Å². The minimum absolute atomic E-state index is 0.00148. The molecule has 3 rings (SSSR count). The van der Waals surface area contributed by atoms with Crippen molar-refractivity contribution in [2.24, 2.45) is 0 Å². The minimum atomic E-state index is -0.210. The van der Waals surface area contributed by atoms with Gasteiger partial charge < -0.3 is 10.0 Å². The first-order chi connectivity index (χ1) is 10.5. The molecule has 2 heterocycles. The average Bonchev–Trinajstić information content (AvgIpc) is 3.23.